The van der Waals surface area contributed by atoms with Gasteiger partial charge in [0.1, 0.15) is 9.77 Å². The molecule has 1 aromatic rings. The monoisotopic (exact) mass is 296 g/mol. The Labute approximate surface area is 86.2 Å². The van der Waals surface area contributed by atoms with Crippen LogP contribution in [0.4, 0.5) is 8.78 Å². The summed E-state index contributed by atoms with van der Waals surface area (Å²) in [5, 5.41) is 17.5. The van der Waals surface area contributed by atoms with E-state index < -0.39 is 12.2 Å². The zero-order valence-electron chi connectivity index (χ0n) is 6.13. The molecule has 0 spiro atoms. The van der Waals surface area contributed by atoms with Crippen LogP contribution in [0, 0.1) is 15.0 Å². The largest absolute Gasteiger partial charge is 0.505 e. The molecule has 0 amide bonds. The molecule has 0 aliphatic rings. The molecule has 0 fully saturated rings. The zero-order chi connectivity index (χ0) is 10.0. The minimum absolute atomic E-state index is 0.0296. The molecule has 0 saturated carbocycles. The quantitative estimate of drug-likeness (QED) is 0.638. The first kappa shape index (κ1) is 10.1. The number of aromatic nitrogens is 1. The first-order valence-corrected chi connectivity index (χ1v) is 4.21. The van der Waals surface area contributed by atoms with E-state index in [4.69, 9.17) is 10.4 Å². The lowest BCUT2D eigenvalue weighted by molar-refractivity contribution is 0.149. The van der Waals surface area contributed by atoms with Gasteiger partial charge in [0.25, 0.3) is 6.43 Å². The third-order valence-electron chi connectivity index (χ3n) is 1.32. The molecule has 1 rings (SSSR count). The van der Waals surface area contributed by atoms with Crippen LogP contribution in [0.3, 0.4) is 0 Å². The van der Waals surface area contributed by atoms with Crippen molar-refractivity contribution >= 4 is 22.6 Å². The number of rotatable bonds is 1. The van der Waals surface area contributed by atoms with Crippen molar-refractivity contribution in [3.8, 4) is 11.8 Å². The maximum Gasteiger partial charge on any atom is 0.266 e. The zero-order valence-corrected chi connectivity index (χ0v) is 8.29. The summed E-state index contributed by atoms with van der Waals surface area (Å²) >= 11 is 1.59. The van der Waals surface area contributed by atoms with E-state index in [-0.39, 0.29) is 15.0 Å². The SMILES string of the molecule is N#Cc1nc(I)c(C(F)F)cc1O. The van der Waals surface area contributed by atoms with Crippen molar-refractivity contribution in [1.82, 2.24) is 4.98 Å². The topological polar surface area (TPSA) is 56.9 Å². The maximum atomic E-state index is 12.2. The van der Waals surface area contributed by atoms with Crippen LogP contribution in [0.2, 0.25) is 0 Å². The van der Waals surface area contributed by atoms with Gasteiger partial charge in [-0.1, -0.05) is 0 Å². The van der Waals surface area contributed by atoms with Crippen molar-refractivity contribution in [3.05, 3.63) is 21.0 Å². The van der Waals surface area contributed by atoms with Gasteiger partial charge in [0, 0.05) is 0 Å². The Morgan fingerprint density at radius 1 is 1.62 bits per heavy atom. The Balaban J connectivity index is 3.31. The van der Waals surface area contributed by atoms with E-state index in [2.05, 4.69) is 4.98 Å². The van der Waals surface area contributed by atoms with Gasteiger partial charge in [-0.15, -0.1) is 0 Å². The molecule has 0 aromatic carbocycles. The minimum Gasteiger partial charge on any atom is -0.505 e. The lowest BCUT2D eigenvalue weighted by atomic mass is 10.2. The molecule has 0 aliphatic heterocycles. The number of pyridine rings is 1. The molecule has 0 unspecified atom stereocenters. The number of halogens is 3. The summed E-state index contributed by atoms with van der Waals surface area (Å²) in [4.78, 5) is 3.51. The molecule has 0 atom stereocenters. The average Bonchev–Trinajstić information content (AvgIpc) is 2.07. The first-order chi connectivity index (χ1) is 6.06. The molecular weight excluding hydrogens is 293 g/mol. The number of alkyl halides is 2. The van der Waals surface area contributed by atoms with Gasteiger partial charge in [0.15, 0.2) is 11.4 Å². The summed E-state index contributed by atoms with van der Waals surface area (Å²) < 4.78 is 24.4. The summed E-state index contributed by atoms with van der Waals surface area (Å²) in [6.07, 6.45) is -2.70. The molecule has 1 aromatic heterocycles. The van der Waals surface area contributed by atoms with E-state index in [0.29, 0.717) is 0 Å². The summed E-state index contributed by atoms with van der Waals surface area (Å²) in [5.41, 5.74) is -0.606. The van der Waals surface area contributed by atoms with Crippen molar-refractivity contribution in [2.75, 3.05) is 0 Å². The molecule has 0 radical (unpaired) electrons. The molecular formula is C7H3F2IN2O. The van der Waals surface area contributed by atoms with E-state index in [9.17, 15) is 8.78 Å². The highest BCUT2D eigenvalue weighted by molar-refractivity contribution is 14.1. The van der Waals surface area contributed by atoms with Crippen molar-refractivity contribution < 1.29 is 13.9 Å². The molecule has 1 N–H and O–H groups in total. The van der Waals surface area contributed by atoms with E-state index >= 15 is 0 Å². The predicted molar refractivity (Wildman–Crippen MR) is 48.3 cm³/mol. The van der Waals surface area contributed by atoms with E-state index in [0.717, 1.165) is 6.07 Å². The fourth-order valence-electron chi connectivity index (χ4n) is 0.730. The van der Waals surface area contributed by atoms with Crippen LogP contribution in [-0.4, -0.2) is 10.1 Å². The fraction of sp³-hybridized carbons (Fsp3) is 0.143. The molecule has 6 heteroatoms. The molecule has 0 bridgehead atoms. The fourth-order valence-corrected chi connectivity index (χ4v) is 1.36. The molecule has 0 saturated heterocycles. The van der Waals surface area contributed by atoms with Crippen molar-refractivity contribution in [3.63, 3.8) is 0 Å². The second kappa shape index (κ2) is 3.83. The highest BCUT2D eigenvalue weighted by Gasteiger charge is 2.16. The Kier molecular flexibility index (Phi) is 2.98. The van der Waals surface area contributed by atoms with Crippen molar-refractivity contribution in [2.45, 2.75) is 6.43 Å². The van der Waals surface area contributed by atoms with E-state index in [1.807, 2.05) is 0 Å². The number of nitriles is 1. The second-order valence-electron chi connectivity index (χ2n) is 2.15. The van der Waals surface area contributed by atoms with E-state index in [1.165, 1.54) is 0 Å². The summed E-state index contributed by atoms with van der Waals surface area (Å²) in [7, 11) is 0. The Morgan fingerprint density at radius 3 is 2.69 bits per heavy atom. The van der Waals surface area contributed by atoms with Gasteiger partial charge in [-0.25, -0.2) is 13.8 Å². The smallest absolute Gasteiger partial charge is 0.266 e. The van der Waals surface area contributed by atoms with Crippen molar-refractivity contribution in [1.29, 1.82) is 5.26 Å². The predicted octanol–water partition coefficient (Wildman–Crippen LogP) is 2.20. The van der Waals surface area contributed by atoms with Crippen LogP contribution in [-0.2, 0) is 0 Å². The third-order valence-corrected chi connectivity index (χ3v) is 2.19. The van der Waals surface area contributed by atoms with Gasteiger partial charge in [0.2, 0.25) is 0 Å². The molecule has 3 nitrogen and oxygen atoms in total. The number of nitrogens with zero attached hydrogens (tertiary/aromatic N) is 2. The van der Waals surface area contributed by atoms with Crippen LogP contribution >= 0.6 is 22.6 Å². The highest BCUT2D eigenvalue weighted by atomic mass is 127. The van der Waals surface area contributed by atoms with Crippen LogP contribution in [0.5, 0.6) is 5.75 Å². The normalized spacial score (nSPS) is 10.1. The Morgan fingerprint density at radius 2 is 2.23 bits per heavy atom. The van der Waals surface area contributed by atoms with Gasteiger partial charge < -0.3 is 5.11 Å². The number of hydrogen-bond acceptors (Lipinski definition) is 3. The maximum absolute atomic E-state index is 12.2. The van der Waals surface area contributed by atoms with Gasteiger partial charge in [-0.05, 0) is 28.7 Å². The van der Waals surface area contributed by atoms with E-state index in [1.54, 1.807) is 28.7 Å². The van der Waals surface area contributed by atoms with Crippen LogP contribution in [0.1, 0.15) is 17.7 Å². The third kappa shape index (κ3) is 2.03. The summed E-state index contributed by atoms with van der Waals surface area (Å²) in [6.45, 7) is 0. The number of aromatic hydroxyl groups is 1. The molecule has 68 valence electrons. The highest BCUT2D eigenvalue weighted by Crippen LogP contribution is 2.27. The first-order valence-electron chi connectivity index (χ1n) is 3.14. The standard InChI is InChI=1S/C7H3F2IN2O/c8-6(9)3-1-5(13)4(2-11)12-7(3)10/h1,6,13H. The molecule has 0 aliphatic carbocycles. The second-order valence-corrected chi connectivity index (χ2v) is 3.17. The van der Waals surface area contributed by atoms with Crippen LogP contribution in [0.15, 0.2) is 6.07 Å². The minimum atomic E-state index is -2.70. The molecule has 13 heavy (non-hydrogen) atoms. The Bertz CT molecular complexity index is 375. The molecule has 1 heterocycles. The van der Waals surface area contributed by atoms with Crippen molar-refractivity contribution in [2.24, 2.45) is 0 Å². The van der Waals surface area contributed by atoms with Gasteiger partial charge in [-0.2, -0.15) is 5.26 Å². The van der Waals surface area contributed by atoms with Gasteiger partial charge in [0.05, 0.1) is 5.56 Å². The lowest BCUT2D eigenvalue weighted by Crippen LogP contribution is -1.95. The average molecular weight is 296 g/mol. The Hall–Kier alpha value is -0.970. The van der Waals surface area contributed by atoms with Crippen LogP contribution < -0.4 is 0 Å². The summed E-state index contributed by atoms with van der Waals surface area (Å²) in [5.74, 6) is -0.516. The van der Waals surface area contributed by atoms with Gasteiger partial charge in [-0.3, -0.25) is 0 Å². The van der Waals surface area contributed by atoms with Gasteiger partial charge >= 0.3 is 0 Å². The lowest BCUT2D eigenvalue weighted by Gasteiger charge is -2.03. The summed E-state index contributed by atoms with van der Waals surface area (Å²) in [6, 6.07) is 2.45. The number of hydrogen-bond donors (Lipinski definition) is 1. The van der Waals surface area contributed by atoms with Crippen LogP contribution in [0.25, 0.3) is 0 Å².